The summed E-state index contributed by atoms with van der Waals surface area (Å²) in [6, 6.07) is 8.43. The van der Waals surface area contributed by atoms with Gasteiger partial charge in [0.05, 0.1) is 0 Å². The third kappa shape index (κ3) is 4.44. The minimum atomic E-state index is -0.107. The van der Waals surface area contributed by atoms with E-state index in [-0.39, 0.29) is 5.91 Å². The van der Waals surface area contributed by atoms with E-state index in [4.69, 9.17) is 5.84 Å². The average molecular weight is 235 g/mol. The maximum absolute atomic E-state index is 11.0. The predicted molar refractivity (Wildman–Crippen MR) is 70.6 cm³/mol. The molecule has 94 valence electrons. The fraction of sp³-hybridized carbons (Fsp3) is 0.462. The quantitative estimate of drug-likeness (QED) is 0.447. The molecule has 0 fully saturated rings. The topological polar surface area (TPSA) is 58.4 Å². The summed E-state index contributed by atoms with van der Waals surface area (Å²) in [6.07, 6.45) is 1.28. The van der Waals surface area contributed by atoms with Crippen LogP contribution in [0.25, 0.3) is 0 Å². The summed E-state index contributed by atoms with van der Waals surface area (Å²) >= 11 is 0. The smallest absolute Gasteiger partial charge is 0.233 e. The molecule has 0 saturated heterocycles. The van der Waals surface area contributed by atoms with Crippen LogP contribution in [-0.2, 0) is 4.79 Å². The number of benzene rings is 1. The van der Waals surface area contributed by atoms with Crippen LogP contribution in [-0.4, -0.2) is 19.0 Å². The second-order valence-corrected chi connectivity index (χ2v) is 4.09. The number of hydrazine groups is 1. The highest BCUT2D eigenvalue weighted by Crippen LogP contribution is 2.15. The van der Waals surface area contributed by atoms with E-state index in [9.17, 15) is 4.79 Å². The number of amides is 1. The molecule has 4 heteroatoms. The highest BCUT2D eigenvalue weighted by atomic mass is 16.2. The van der Waals surface area contributed by atoms with Gasteiger partial charge in [0.1, 0.15) is 0 Å². The van der Waals surface area contributed by atoms with Gasteiger partial charge in [0.2, 0.25) is 5.91 Å². The van der Waals surface area contributed by atoms with Crippen LogP contribution < -0.4 is 16.2 Å². The lowest BCUT2D eigenvalue weighted by atomic mass is 10.2. The first-order valence-electron chi connectivity index (χ1n) is 5.98. The van der Waals surface area contributed by atoms with Crippen LogP contribution in [0.1, 0.15) is 25.3 Å². The average Bonchev–Trinajstić information content (AvgIpc) is 2.35. The summed E-state index contributed by atoms with van der Waals surface area (Å²) in [5.74, 6) is 4.93. The van der Waals surface area contributed by atoms with Crippen molar-refractivity contribution < 1.29 is 4.79 Å². The van der Waals surface area contributed by atoms with Gasteiger partial charge in [-0.1, -0.05) is 17.7 Å². The number of carbonyl (C=O) groups is 1. The Labute approximate surface area is 103 Å². The van der Waals surface area contributed by atoms with Gasteiger partial charge in [-0.25, -0.2) is 5.84 Å². The molecule has 0 atom stereocenters. The third-order valence-electron chi connectivity index (χ3n) is 2.77. The van der Waals surface area contributed by atoms with E-state index in [1.54, 1.807) is 0 Å². The van der Waals surface area contributed by atoms with Crippen molar-refractivity contribution >= 4 is 11.6 Å². The number of nitrogens with one attached hydrogen (secondary N) is 1. The minimum absolute atomic E-state index is 0.107. The Morgan fingerprint density at radius 2 is 2.00 bits per heavy atom. The predicted octanol–water partition coefficient (Wildman–Crippen LogP) is 1.59. The lowest BCUT2D eigenvalue weighted by Gasteiger charge is -2.23. The molecule has 3 N–H and O–H groups in total. The van der Waals surface area contributed by atoms with Crippen LogP contribution in [0, 0.1) is 6.92 Å². The first-order chi connectivity index (χ1) is 8.17. The standard InChI is InChI=1S/C13H21N3O/c1-3-16(10-4-5-13(17)15-14)12-8-6-11(2)7-9-12/h6-9H,3-5,10,14H2,1-2H3,(H,15,17). The fourth-order valence-corrected chi connectivity index (χ4v) is 1.73. The van der Waals surface area contributed by atoms with Gasteiger partial charge in [-0.2, -0.15) is 0 Å². The second-order valence-electron chi connectivity index (χ2n) is 4.09. The van der Waals surface area contributed by atoms with E-state index in [0.29, 0.717) is 6.42 Å². The van der Waals surface area contributed by atoms with E-state index in [2.05, 4.69) is 48.4 Å². The third-order valence-corrected chi connectivity index (χ3v) is 2.77. The molecule has 0 aromatic heterocycles. The lowest BCUT2D eigenvalue weighted by Crippen LogP contribution is -2.31. The Bertz CT molecular complexity index is 348. The monoisotopic (exact) mass is 235 g/mol. The largest absolute Gasteiger partial charge is 0.372 e. The fourth-order valence-electron chi connectivity index (χ4n) is 1.73. The molecule has 0 saturated carbocycles. The van der Waals surface area contributed by atoms with Gasteiger partial charge in [-0.3, -0.25) is 10.2 Å². The zero-order valence-electron chi connectivity index (χ0n) is 10.6. The molecule has 1 aromatic carbocycles. The number of nitrogens with two attached hydrogens (primary N) is 1. The Morgan fingerprint density at radius 3 is 2.53 bits per heavy atom. The van der Waals surface area contributed by atoms with Crippen LogP contribution in [0.2, 0.25) is 0 Å². The molecule has 0 bridgehead atoms. The van der Waals surface area contributed by atoms with Crippen LogP contribution in [0.4, 0.5) is 5.69 Å². The van der Waals surface area contributed by atoms with Crippen molar-refractivity contribution in [3.05, 3.63) is 29.8 Å². The number of hydrogen-bond acceptors (Lipinski definition) is 3. The molecular weight excluding hydrogens is 214 g/mol. The number of anilines is 1. The van der Waals surface area contributed by atoms with Gasteiger partial charge in [0, 0.05) is 25.2 Å². The summed E-state index contributed by atoms with van der Waals surface area (Å²) in [7, 11) is 0. The minimum Gasteiger partial charge on any atom is -0.372 e. The number of carbonyl (C=O) groups excluding carboxylic acids is 1. The Morgan fingerprint density at radius 1 is 1.35 bits per heavy atom. The molecular formula is C13H21N3O. The molecule has 0 unspecified atom stereocenters. The molecule has 0 aliphatic heterocycles. The van der Waals surface area contributed by atoms with Gasteiger partial charge in [0.25, 0.3) is 0 Å². The number of nitrogens with zero attached hydrogens (tertiary/aromatic N) is 1. The normalized spacial score (nSPS) is 10.1. The van der Waals surface area contributed by atoms with Gasteiger partial charge in [-0.05, 0) is 32.4 Å². The zero-order valence-corrected chi connectivity index (χ0v) is 10.6. The Hall–Kier alpha value is -1.55. The maximum Gasteiger partial charge on any atom is 0.233 e. The summed E-state index contributed by atoms with van der Waals surface area (Å²) in [4.78, 5) is 13.3. The van der Waals surface area contributed by atoms with Crippen molar-refractivity contribution in [2.75, 3.05) is 18.0 Å². The summed E-state index contributed by atoms with van der Waals surface area (Å²) in [5, 5.41) is 0. The van der Waals surface area contributed by atoms with Gasteiger partial charge >= 0.3 is 0 Å². The molecule has 0 spiro atoms. The first-order valence-corrected chi connectivity index (χ1v) is 5.98. The van der Waals surface area contributed by atoms with Crippen molar-refractivity contribution in [2.45, 2.75) is 26.7 Å². The SMILES string of the molecule is CCN(CCCC(=O)NN)c1ccc(C)cc1. The van der Waals surface area contributed by atoms with Crippen LogP contribution in [0.3, 0.4) is 0 Å². The number of rotatable bonds is 6. The van der Waals surface area contributed by atoms with Crippen molar-refractivity contribution in [1.29, 1.82) is 0 Å². The number of aryl methyl sites for hydroxylation is 1. The Balaban J connectivity index is 2.48. The van der Waals surface area contributed by atoms with Crippen LogP contribution in [0.15, 0.2) is 24.3 Å². The molecule has 0 aliphatic rings. The summed E-state index contributed by atoms with van der Waals surface area (Å²) in [6.45, 7) is 5.99. The lowest BCUT2D eigenvalue weighted by molar-refractivity contribution is -0.121. The first kappa shape index (κ1) is 13.5. The van der Waals surface area contributed by atoms with E-state index in [0.717, 1.165) is 19.5 Å². The van der Waals surface area contributed by atoms with Crippen molar-refractivity contribution in [2.24, 2.45) is 5.84 Å². The van der Waals surface area contributed by atoms with E-state index in [1.807, 2.05) is 0 Å². The summed E-state index contributed by atoms with van der Waals surface area (Å²) < 4.78 is 0. The Kier molecular flexibility index (Phi) is 5.49. The molecule has 0 aliphatic carbocycles. The molecule has 0 radical (unpaired) electrons. The zero-order chi connectivity index (χ0) is 12.7. The molecule has 17 heavy (non-hydrogen) atoms. The molecule has 1 rings (SSSR count). The second kappa shape index (κ2) is 6.91. The number of hydrogen-bond donors (Lipinski definition) is 2. The van der Waals surface area contributed by atoms with Gasteiger partial charge in [-0.15, -0.1) is 0 Å². The van der Waals surface area contributed by atoms with Crippen molar-refractivity contribution in [3.8, 4) is 0 Å². The highest BCUT2D eigenvalue weighted by Gasteiger charge is 2.05. The maximum atomic E-state index is 11.0. The molecule has 1 amide bonds. The molecule has 1 aromatic rings. The van der Waals surface area contributed by atoms with Gasteiger partial charge in [0.15, 0.2) is 0 Å². The van der Waals surface area contributed by atoms with Crippen molar-refractivity contribution in [1.82, 2.24) is 5.43 Å². The van der Waals surface area contributed by atoms with Crippen molar-refractivity contribution in [3.63, 3.8) is 0 Å². The van der Waals surface area contributed by atoms with E-state index in [1.165, 1.54) is 11.3 Å². The summed E-state index contributed by atoms with van der Waals surface area (Å²) in [5.41, 5.74) is 4.60. The van der Waals surface area contributed by atoms with Crippen LogP contribution in [0.5, 0.6) is 0 Å². The van der Waals surface area contributed by atoms with Crippen LogP contribution >= 0.6 is 0 Å². The molecule has 0 heterocycles. The molecule has 4 nitrogen and oxygen atoms in total. The van der Waals surface area contributed by atoms with E-state index < -0.39 is 0 Å². The highest BCUT2D eigenvalue weighted by molar-refractivity contribution is 5.75. The van der Waals surface area contributed by atoms with Gasteiger partial charge < -0.3 is 4.90 Å². The van der Waals surface area contributed by atoms with E-state index >= 15 is 0 Å².